The zero-order valence-electron chi connectivity index (χ0n) is 17.8. The summed E-state index contributed by atoms with van der Waals surface area (Å²) in [6.07, 6.45) is 20.2. The van der Waals surface area contributed by atoms with Crippen LogP contribution in [0.4, 0.5) is 0 Å². The average Bonchev–Trinajstić information content (AvgIpc) is 2.43. The molecule has 0 bridgehead atoms. The van der Waals surface area contributed by atoms with Crippen molar-refractivity contribution in [2.24, 2.45) is 0 Å². The zero-order chi connectivity index (χ0) is 14.9. The first-order valence-corrected chi connectivity index (χ1v) is 8.99. The van der Waals surface area contributed by atoms with Gasteiger partial charge in [-0.15, -0.1) is 49.6 Å². The van der Waals surface area contributed by atoms with Gasteiger partial charge >= 0.3 is 24.8 Å². The molecule has 0 fully saturated rings. The Morgan fingerprint density at radius 3 is 1.08 bits per heavy atom. The minimum absolute atomic E-state index is 0. The molecule has 0 aromatic carbocycles. The molecule has 0 aliphatic rings. The summed E-state index contributed by atoms with van der Waals surface area (Å²) in [5.41, 5.74) is 0. The minimum atomic E-state index is -0.653. The average molecular weight is 486 g/mol. The predicted octanol–water partition coefficient (Wildman–Crippen LogP) is 5.13. The third-order valence-corrected chi connectivity index (χ3v) is 3.99. The maximum Gasteiger partial charge on any atom is 1.00 e. The van der Waals surface area contributed by atoms with E-state index >= 15 is 0 Å². The summed E-state index contributed by atoms with van der Waals surface area (Å²) in [6, 6.07) is 0. The van der Waals surface area contributed by atoms with Crippen LogP contribution in [0.25, 0.3) is 0 Å². The van der Waals surface area contributed by atoms with Crippen molar-refractivity contribution in [1.29, 1.82) is 0 Å². The molecule has 0 aliphatic carbocycles. The number of carboxylic acid groups (broad SMARTS) is 1. The maximum atomic E-state index is 10.3. The van der Waals surface area contributed by atoms with E-state index < -0.39 is 5.97 Å². The molecule has 0 saturated heterocycles. The van der Waals surface area contributed by atoms with E-state index in [-0.39, 0.29) is 91.6 Å². The topological polar surface area (TPSA) is 37.3 Å². The van der Waals surface area contributed by atoms with Gasteiger partial charge in [0, 0.05) is 28.1 Å². The van der Waals surface area contributed by atoms with Crippen LogP contribution in [0.3, 0.4) is 0 Å². The molecule has 0 aromatic rings. The van der Waals surface area contributed by atoms with Gasteiger partial charge < -0.3 is 6.53 Å². The van der Waals surface area contributed by atoms with Crippen molar-refractivity contribution in [3.63, 3.8) is 0 Å². The molecule has 2 nitrogen and oxygen atoms in total. The summed E-state index contributed by atoms with van der Waals surface area (Å²) < 4.78 is 0. The number of aliphatic carboxylic acids is 1. The van der Waals surface area contributed by atoms with Crippen LogP contribution < -0.4 is 18.9 Å². The standard InChI is InChI=1S/C18H36O2.4ClH.Li.Ti.H/c1-2-3-4-5-6-7-8-9-10-11-12-13-14-15-16-17-18(19)20;;;;;;;/h2-17H2,1H3,(H,19,20);4*1H;;;/q;;;;;+1;;-1. The second-order valence-corrected chi connectivity index (χ2v) is 6.09. The summed E-state index contributed by atoms with van der Waals surface area (Å²) in [5, 5.41) is 8.52. The van der Waals surface area contributed by atoms with Crippen LogP contribution in [0.2, 0.25) is 0 Å². The molecular weight excluding hydrogens is 445 g/mol. The molecule has 0 saturated carbocycles. The van der Waals surface area contributed by atoms with Crippen LogP contribution in [0.5, 0.6) is 0 Å². The summed E-state index contributed by atoms with van der Waals surface area (Å²) in [4.78, 5) is 10.3. The summed E-state index contributed by atoms with van der Waals surface area (Å²) in [7, 11) is 0. The molecule has 0 atom stereocenters. The van der Waals surface area contributed by atoms with Gasteiger partial charge in [-0.2, -0.15) is 0 Å². The second-order valence-electron chi connectivity index (χ2n) is 6.09. The molecular formula is C18H41Cl4LiO2Ti. The maximum absolute atomic E-state index is 10.3. The fraction of sp³-hybridized carbons (Fsp3) is 0.944. The number of rotatable bonds is 16. The Labute approximate surface area is 215 Å². The smallest absolute Gasteiger partial charge is 1.00 e. The fourth-order valence-electron chi connectivity index (χ4n) is 2.65. The molecule has 0 unspecified atom stereocenters. The van der Waals surface area contributed by atoms with Crippen molar-refractivity contribution in [1.82, 2.24) is 0 Å². The molecule has 26 heavy (non-hydrogen) atoms. The van der Waals surface area contributed by atoms with Gasteiger partial charge in [0.05, 0.1) is 0 Å². The molecule has 158 valence electrons. The third-order valence-electron chi connectivity index (χ3n) is 3.99. The van der Waals surface area contributed by atoms with E-state index in [1.54, 1.807) is 0 Å². The molecule has 0 spiro atoms. The minimum Gasteiger partial charge on any atom is -1.00 e. The zero-order valence-corrected chi connectivity index (χ0v) is 21.6. The number of unbranched alkanes of at least 4 members (excludes halogenated alkanes) is 14. The van der Waals surface area contributed by atoms with Crippen LogP contribution in [0.1, 0.15) is 111 Å². The van der Waals surface area contributed by atoms with E-state index in [2.05, 4.69) is 6.92 Å². The number of hydrogen-bond acceptors (Lipinski definition) is 1. The number of hydrogen-bond donors (Lipinski definition) is 1. The third kappa shape index (κ3) is 45.0. The van der Waals surface area contributed by atoms with Crippen molar-refractivity contribution in [3.05, 3.63) is 0 Å². The Morgan fingerprint density at radius 2 is 0.846 bits per heavy atom. The Hall–Kier alpha value is 1.94. The van der Waals surface area contributed by atoms with Gasteiger partial charge in [0.1, 0.15) is 0 Å². The van der Waals surface area contributed by atoms with E-state index in [9.17, 15) is 4.79 Å². The van der Waals surface area contributed by atoms with E-state index in [4.69, 9.17) is 5.11 Å². The van der Waals surface area contributed by atoms with Crippen molar-refractivity contribution >= 4 is 55.6 Å². The first-order valence-electron chi connectivity index (χ1n) is 8.99. The Morgan fingerprint density at radius 1 is 0.615 bits per heavy atom. The molecule has 0 rings (SSSR count). The molecule has 8 heteroatoms. The Balaban J connectivity index is -0.0000000860. The monoisotopic (exact) mass is 484 g/mol. The summed E-state index contributed by atoms with van der Waals surface area (Å²) in [6.45, 7) is 2.27. The number of carbonyl (C=O) groups is 1. The quantitative estimate of drug-likeness (QED) is 0.243. The van der Waals surface area contributed by atoms with Gasteiger partial charge in [-0.05, 0) is 6.42 Å². The van der Waals surface area contributed by atoms with E-state index in [1.807, 2.05) is 0 Å². The van der Waals surface area contributed by atoms with Crippen molar-refractivity contribution in [2.75, 3.05) is 0 Å². The van der Waals surface area contributed by atoms with E-state index in [0.717, 1.165) is 12.8 Å². The van der Waals surface area contributed by atoms with Gasteiger partial charge in [-0.1, -0.05) is 96.8 Å². The van der Waals surface area contributed by atoms with Crippen LogP contribution in [-0.2, 0) is 26.5 Å². The van der Waals surface area contributed by atoms with Crippen LogP contribution in [0.15, 0.2) is 0 Å². The number of halogens is 4. The van der Waals surface area contributed by atoms with Crippen molar-refractivity contribution in [2.45, 2.75) is 110 Å². The van der Waals surface area contributed by atoms with Gasteiger partial charge in [0.25, 0.3) is 0 Å². The Bertz CT molecular complexity index is 236. The van der Waals surface area contributed by atoms with Gasteiger partial charge in [0.2, 0.25) is 0 Å². The molecule has 0 aromatic heterocycles. The summed E-state index contributed by atoms with van der Waals surface area (Å²) >= 11 is 0. The molecule has 0 amide bonds. The first-order chi connectivity index (χ1) is 9.77. The fourth-order valence-corrected chi connectivity index (χ4v) is 2.65. The number of carboxylic acids is 1. The van der Waals surface area contributed by atoms with Crippen molar-refractivity contribution in [3.8, 4) is 0 Å². The van der Waals surface area contributed by atoms with Gasteiger partial charge in [0.15, 0.2) is 0 Å². The van der Waals surface area contributed by atoms with E-state index in [0.29, 0.717) is 6.42 Å². The van der Waals surface area contributed by atoms with Crippen LogP contribution >= 0.6 is 49.6 Å². The Kier molecular flexibility index (Phi) is 73.5. The molecule has 0 heterocycles. The van der Waals surface area contributed by atoms with Crippen LogP contribution in [0, 0.1) is 0 Å². The summed E-state index contributed by atoms with van der Waals surface area (Å²) in [5.74, 6) is -0.653. The van der Waals surface area contributed by atoms with Gasteiger partial charge in [-0.3, -0.25) is 4.79 Å². The molecule has 0 radical (unpaired) electrons. The molecule has 1 N–H and O–H groups in total. The van der Waals surface area contributed by atoms with Crippen molar-refractivity contribution < 1.29 is 51.9 Å². The van der Waals surface area contributed by atoms with Gasteiger partial charge in [-0.25, -0.2) is 0 Å². The largest absolute Gasteiger partial charge is 1.00 e. The SMILES string of the molecule is CCCCCCCCCCCCCCCCCC(=O)O.Cl.Cl.Cl.Cl.[H-].[Li+].[Ti]. The molecule has 0 aliphatic heterocycles. The predicted molar refractivity (Wildman–Crippen MR) is 117 cm³/mol. The van der Waals surface area contributed by atoms with E-state index in [1.165, 1.54) is 83.5 Å². The first kappa shape index (κ1) is 46.2. The second kappa shape index (κ2) is 41.3. The van der Waals surface area contributed by atoms with Crippen LogP contribution in [-0.4, -0.2) is 11.1 Å². The normalized spacial score (nSPS) is 8.35.